The standard InChI is InChI=1S/C30H28ClNO3/c1-20(30(34)35)17-24-19-32-28(27-7-3-2-6-26(24)27)18-22-9-13-23(14-10-22)29(33)8-4-5-21-11-15-25(31)16-12-21/h2-3,6-7,9-16,19-20H,4-5,8,17-18H2,1H3,(H,34,35). The number of halogens is 1. The lowest BCUT2D eigenvalue weighted by Gasteiger charge is -2.13. The van der Waals surface area contributed by atoms with Crippen molar-refractivity contribution in [2.75, 3.05) is 0 Å². The van der Waals surface area contributed by atoms with Crippen LogP contribution in [0.4, 0.5) is 0 Å². The molecule has 3 aromatic carbocycles. The maximum Gasteiger partial charge on any atom is 0.306 e. The molecule has 0 radical (unpaired) electrons. The average molecular weight is 486 g/mol. The van der Waals surface area contributed by atoms with Gasteiger partial charge in [0.05, 0.1) is 11.6 Å². The number of carbonyl (C=O) groups excluding carboxylic acids is 1. The molecule has 1 heterocycles. The molecule has 1 unspecified atom stereocenters. The summed E-state index contributed by atoms with van der Waals surface area (Å²) in [5.41, 5.74) is 4.86. The van der Waals surface area contributed by atoms with E-state index in [1.54, 1.807) is 13.1 Å². The van der Waals surface area contributed by atoms with Gasteiger partial charge in [0, 0.05) is 35.0 Å². The maximum absolute atomic E-state index is 12.6. The molecule has 0 aliphatic carbocycles. The van der Waals surface area contributed by atoms with Gasteiger partial charge < -0.3 is 5.11 Å². The molecule has 0 saturated heterocycles. The van der Waals surface area contributed by atoms with E-state index in [0.29, 0.717) is 19.3 Å². The quantitative estimate of drug-likeness (QED) is 0.247. The Hall–Kier alpha value is -3.50. The van der Waals surface area contributed by atoms with Crippen molar-refractivity contribution >= 4 is 34.1 Å². The van der Waals surface area contributed by atoms with E-state index >= 15 is 0 Å². The second-order valence-electron chi connectivity index (χ2n) is 9.00. The molecule has 4 rings (SSSR count). The Bertz CT molecular complexity index is 1330. The number of hydrogen-bond donors (Lipinski definition) is 1. The summed E-state index contributed by atoms with van der Waals surface area (Å²) in [6.07, 6.45) is 5.03. The molecule has 5 heteroatoms. The minimum atomic E-state index is -0.808. The van der Waals surface area contributed by atoms with E-state index in [1.165, 1.54) is 5.56 Å². The Balaban J connectivity index is 1.41. The monoisotopic (exact) mass is 485 g/mol. The van der Waals surface area contributed by atoms with E-state index in [-0.39, 0.29) is 5.78 Å². The number of carboxylic acid groups (broad SMARTS) is 1. The summed E-state index contributed by atoms with van der Waals surface area (Å²) in [4.78, 5) is 28.6. The third-order valence-electron chi connectivity index (χ3n) is 6.34. The van der Waals surface area contributed by atoms with E-state index in [9.17, 15) is 14.7 Å². The molecule has 0 aliphatic heterocycles. The van der Waals surface area contributed by atoms with Crippen molar-refractivity contribution in [3.05, 3.63) is 112 Å². The minimum Gasteiger partial charge on any atom is -0.481 e. The molecule has 0 saturated carbocycles. The van der Waals surface area contributed by atoms with Crippen LogP contribution in [0, 0.1) is 5.92 Å². The van der Waals surface area contributed by atoms with Crippen molar-refractivity contribution in [1.29, 1.82) is 0 Å². The molecule has 35 heavy (non-hydrogen) atoms. The van der Waals surface area contributed by atoms with Crippen LogP contribution in [-0.2, 0) is 24.1 Å². The van der Waals surface area contributed by atoms with Crippen LogP contribution >= 0.6 is 11.6 Å². The summed E-state index contributed by atoms with van der Waals surface area (Å²) in [6, 6.07) is 23.5. The molecule has 4 nitrogen and oxygen atoms in total. The molecule has 1 N–H and O–H groups in total. The highest BCUT2D eigenvalue weighted by Crippen LogP contribution is 2.25. The van der Waals surface area contributed by atoms with Crippen LogP contribution < -0.4 is 0 Å². The number of nitrogens with zero attached hydrogens (tertiary/aromatic N) is 1. The van der Waals surface area contributed by atoms with Crippen LogP contribution in [0.25, 0.3) is 10.8 Å². The first kappa shape index (κ1) is 24.6. The molecular weight excluding hydrogens is 458 g/mol. The van der Waals surface area contributed by atoms with Crippen molar-refractivity contribution in [3.8, 4) is 0 Å². The maximum atomic E-state index is 12.6. The van der Waals surface area contributed by atoms with Gasteiger partial charge in [-0.05, 0) is 53.5 Å². The van der Waals surface area contributed by atoms with Gasteiger partial charge in [0.1, 0.15) is 0 Å². The van der Waals surface area contributed by atoms with Gasteiger partial charge in [0.15, 0.2) is 5.78 Å². The van der Waals surface area contributed by atoms with Gasteiger partial charge in [-0.2, -0.15) is 0 Å². The van der Waals surface area contributed by atoms with Crippen molar-refractivity contribution < 1.29 is 14.7 Å². The summed E-state index contributed by atoms with van der Waals surface area (Å²) < 4.78 is 0. The van der Waals surface area contributed by atoms with E-state index in [4.69, 9.17) is 11.6 Å². The molecule has 0 bridgehead atoms. The predicted molar refractivity (Wildman–Crippen MR) is 140 cm³/mol. The summed E-state index contributed by atoms with van der Waals surface area (Å²) in [6.45, 7) is 1.71. The number of carbonyl (C=O) groups is 2. The first-order valence-electron chi connectivity index (χ1n) is 11.9. The van der Waals surface area contributed by atoms with Crippen LogP contribution in [0.5, 0.6) is 0 Å². The van der Waals surface area contributed by atoms with E-state index in [0.717, 1.165) is 51.0 Å². The first-order valence-corrected chi connectivity index (χ1v) is 12.2. The molecule has 0 aliphatic rings. The lowest BCUT2D eigenvalue weighted by atomic mass is 9.95. The van der Waals surface area contributed by atoms with Gasteiger partial charge in [-0.25, -0.2) is 0 Å². The number of Topliss-reactive ketones (excluding diaryl/α,β-unsaturated/α-hetero) is 1. The third-order valence-corrected chi connectivity index (χ3v) is 6.59. The number of rotatable bonds is 10. The number of benzene rings is 3. The fraction of sp³-hybridized carbons (Fsp3) is 0.233. The smallest absolute Gasteiger partial charge is 0.306 e. The highest BCUT2D eigenvalue weighted by atomic mass is 35.5. The number of hydrogen-bond acceptors (Lipinski definition) is 3. The van der Waals surface area contributed by atoms with Crippen molar-refractivity contribution in [2.24, 2.45) is 5.92 Å². The number of fused-ring (bicyclic) bond motifs is 1. The van der Waals surface area contributed by atoms with E-state index in [2.05, 4.69) is 4.98 Å². The number of pyridine rings is 1. The normalized spacial score (nSPS) is 11.9. The summed E-state index contributed by atoms with van der Waals surface area (Å²) in [7, 11) is 0. The number of aryl methyl sites for hydroxylation is 1. The number of ketones is 1. The van der Waals surface area contributed by atoms with Gasteiger partial charge in [-0.1, -0.05) is 79.2 Å². The second kappa shape index (κ2) is 11.3. The zero-order valence-electron chi connectivity index (χ0n) is 19.7. The van der Waals surface area contributed by atoms with E-state index in [1.807, 2.05) is 72.8 Å². The lowest BCUT2D eigenvalue weighted by molar-refractivity contribution is -0.141. The van der Waals surface area contributed by atoms with E-state index < -0.39 is 11.9 Å². The fourth-order valence-corrected chi connectivity index (χ4v) is 4.41. The fourth-order valence-electron chi connectivity index (χ4n) is 4.28. The topological polar surface area (TPSA) is 67.3 Å². The summed E-state index contributed by atoms with van der Waals surface area (Å²) in [5, 5.41) is 12.1. The van der Waals surface area contributed by atoms with Crippen molar-refractivity contribution in [1.82, 2.24) is 4.98 Å². The SMILES string of the molecule is CC(Cc1cnc(Cc2ccc(C(=O)CCCc3ccc(Cl)cc3)cc2)c2ccccc12)C(=O)O. The lowest BCUT2D eigenvalue weighted by Crippen LogP contribution is -2.13. The average Bonchev–Trinajstić information content (AvgIpc) is 2.87. The molecule has 4 aromatic rings. The highest BCUT2D eigenvalue weighted by Gasteiger charge is 2.15. The number of aromatic nitrogens is 1. The predicted octanol–water partition coefficient (Wildman–Crippen LogP) is 6.95. The van der Waals surface area contributed by atoms with Crippen LogP contribution in [0.15, 0.2) is 79.0 Å². The van der Waals surface area contributed by atoms with Crippen LogP contribution in [0.3, 0.4) is 0 Å². The van der Waals surface area contributed by atoms with Gasteiger partial charge in [0.2, 0.25) is 0 Å². The zero-order valence-corrected chi connectivity index (χ0v) is 20.5. The van der Waals surface area contributed by atoms with Gasteiger partial charge in [-0.15, -0.1) is 0 Å². The molecule has 0 spiro atoms. The Labute approximate surface area is 210 Å². The Morgan fingerprint density at radius 2 is 1.57 bits per heavy atom. The Kier molecular flexibility index (Phi) is 7.94. The zero-order chi connectivity index (χ0) is 24.8. The van der Waals surface area contributed by atoms with Crippen LogP contribution in [0.2, 0.25) is 5.02 Å². The van der Waals surface area contributed by atoms with Crippen LogP contribution in [-0.4, -0.2) is 21.8 Å². The summed E-state index contributed by atoms with van der Waals surface area (Å²) in [5.74, 6) is -1.13. The second-order valence-corrected chi connectivity index (χ2v) is 9.43. The third kappa shape index (κ3) is 6.34. The minimum absolute atomic E-state index is 0.144. The molecule has 1 aromatic heterocycles. The van der Waals surface area contributed by atoms with Gasteiger partial charge in [0.25, 0.3) is 0 Å². The highest BCUT2D eigenvalue weighted by molar-refractivity contribution is 6.30. The molecule has 0 fully saturated rings. The first-order chi connectivity index (χ1) is 16.9. The van der Waals surface area contributed by atoms with Crippen molar-refractivity contribution in [3.63, 3.8) is 0 Å². The number of carboxylic acids is 1. The molecule has 1 atom stereocenters. The number of aliphatic carboxylic acids is 1. The molecule has 0 amide bonds. The van der Waals surface area contributed by atoms with Gasteiger partial charge in [-0.3, -0.25) is 14.6 Å². The molecular formula is C30H28ClNO3. The van der Waals surface area contributed by atoms with Gasteiger partial charge >= 0.3 is 5.97 Å². The van der Waals surface area contributed by atoms with Crippen LogP contribution in [0.1, 0.15) is 52.5 Å². The Morgan fingerprint density at radius 1 is 0.914 bits per heavy atom. The largest absolute Gasteiger partial charge is 0.481 e. The van der Waals surface area contributed by atoms with Crippen molar-refractivity contribution in [2.45, 2.75) is 39.0 Å². The molecule has 178 valence electrons. The Morgan fingerprint density at radius 3 is 2.26 bits per heavy atom. The summed E-state index contributed by atoms with van der Waals surface area (Å²) >= 11 is 5.93.